The van der Waals surface area contributed by atoms with Crippen LogP contribution in [0.4, 0.5) is 5.82 Å². The van der Waals surface area contributed by atoms with Gasteiger partial charge in [0.1, 0.15) is 0 Å². The van der Waals surface area contributed by atoms with Gasteiger partial charge in [0.15, 0.2) is 5.82 Å². The Morgan fingerprint density at radius 1 is 1.35 bits per heavy atom. The second-order valence-corrected chi connectivity index (χ2v) is 5.22. The van der Waals surface area contributed by atoms with E-state index in [0.717, 1.165) is 5.56 Å². The van der Waals surface area contributed by atoms with Gasteiger partial charge in [0.05, 0.1) is 11.6 Å². The predicted molar refractivity (Wildman–Crippen MR) is 82.1 cm³/mol. The summed E-state index contributed by atoms with van der Waals surface area (Å²) < 4.78 is 0.717. The van der Waals surface area contributed by atoms with Gasteiger partial charge >= 0.3 is 0 Å². The molecule has 0 radical (unpaired) electrons. The number of anilines is 1. The Morgan fingerprint density at radius 3 is 2.70 bits per heavy atom. The number of aromatic nitrogens is 1. The fourth-order valence-electron chi connectivity index (χ4n) is 1.83. The van der Waals surface area contributed by atoms with Crippen molar-refractivity contribution in [2.24, 2.45) is 5.84 Å². The maximum absolute atomic E-state index is 12.3. The molecule has 20 heavy (non-hydrogen) atoms. The molecule has 1 aromatic heterocycles. The van der Waals surface area contributed by atoms with Gasteiger partial charge in [0.25, 0.3) is 5.91 Å². The molecule has 0 bridgehead atoms. The quantitative estimate of drug-likeness (QED) is 0.593. The highest BCUT2D eigenvalue weighted by Gasteiger charge is 2.15. The molecule has 0 aliphatic carbocycles. The molecular formula is C14H15BrN4O. The van der Waals surface area contributed by atoms with Crippen molar-refractivity contribution in [1.29, 1.82) is 0 Å². The van der Waals surface area contributed by atoms with E-state index < -0.39 is 0 Å². The van der Waals surface area contributed by atoms with Crippen molar-refractivity contribution in [2.75, 3.05) is 5.43 Å². The molecule has 1 aromatic carbocycles. The van der Waals surface area contributed by atoms with Gasteiger partial charge in [-0.05, 0) is 34.5 Å². The SMILES string of the molecule is CC(NC(=O)c1cc(Br)cnc1NN)c1ccccc1. The van der Waals surface area contributed by atoms with Gasteiger partial charge in [-0.3, -0.25) is 4.79 Å². The van der Waals surface area contributed by atoms with Crippen LogP contribution in [0, 0.1) is 0 Å². The third-order valence-corrected chi connectivity index (χ3v) is 3.32. The largest absolute Gasteiger partial charge is 0.345 e. The zero-order chi connectivity index (χ0) is 14.5. The van der Waals surface area contributed by atoms with E-state index in [1.54, 1.807) is 12.3 Å². The van der Waals surface area contributed by atoms with Crippen LogP contribution in [-0.2, 0) is 0 Å². The second kappa shape index (κ2) is 6.49. The highest BCUT2D eigenvalue weighted by atomic mass is 79.9. The molecule has 1 atom stereocenters. The van der Waals surface area contributed by atoms with Crippen molar-refractivity contribution in [1.82, 2.24) is 10.3 Å². The lowest BCUT2D eigenvalue weighted by molar-refractivity contribution is 0.0940. The number of hydrazine groups is 1. The number of halogens is 1. The topological polar surface area (TPSA) is 80.0 Å². The average molecular weight is 335 g/mol. The Morgan fingerprint density at radius 2 is 2.05 bits per heavy atom. The van der Waals surface area contributed by atoms with Gasteiger partial charge in [-0.1, -0.05) is 30.3 Å². The van der Waals surface area contributed by atoms with E-state index in [-0.39, 0.29) is 11.9 Å². The summed E-state index contributed by atoms with van der Waals surface area (Å²) in [5.41, 5.74) is 3.85. The van der Waals surface area contributed by atoms with Crippen molar-refractivity contribution >= 4 is 27.7 Å². The monoisotopic (exact) mass is 334 g/mol. The lowest BCUT2D eigenvalue weighted by Gasteiger charge is -2.15. The molecule has 104 valence electrons. The van der Waals surface area contributed by atoms with Crippen molar-refractivity contribution in [3.63, 3.8) is 0 Å². The fourth-order valence-corrected chi connectivity index (χ4v) is 2.16. The van der Waals surface area contributed by atoms with Gasteiger partial charge in [-0.25, -0.2) is 10.8 Å². The van der Waals surface area contributed by atoms with E-state index in [2.05, 4.69) is 31.7 Å². The maximum atomic E-state index is 12.3. The summed E-state index contributed by atoms with van der Waals surface area (Å²) in [6.07, 6.45) is 1.58. The number of hydrogen-bond donors (Lipinski definition) is 3. The van der Waals surface area contributed by atoms with Crippen molar-refractivity contribution < 1.29 is 4.79 Å². The van der Waals surface area contributed by atoms with Crippen LogP contribution in [0.25, 0.3) is 0 Å². The third kappa shape index (κ3) is 3.34. The first-order chi connectivity index (χ1) is 9.61. The minimum atomic E-state index is -0.233. The number of nitrogens with two attached hydrogens (primary N) is 1. The van der Waals surface area contributed by atoms with Gasteiger partial charge in [-0.2, -0.15) is 0 Å². The fraction of sp³-hybridized carbons (Fsp3) is 0.143. The number of pyridine rings is 1. The summed E-state index contributed by atoms with van der Waals surface area (Å²) in [5, 5.41) is 2.92. The summed E-state index contributed by atoms with van der Waals surface area (Å²) in [4.78, 5) is 16.3. The molecule has 0 aliphatic rings. The van der Waals surface area contributed by atoms with E-state index in [9.17, 15) is 4.79 Å². The molecule has 0 saturated carbocycles. The minimum Gasteiger partial charge on any atom is -0.345 e. The van der Waals surface area contributed by atoms with Crippen LogP contribution >= 0.6 is 15.9 Å². The number of nitrogens with zero attached hydrogens (tertiary/aromatic N) is 1. The Kier molecular flexibility index (Phi) is 4.70. The van der Waals surface area contributed by atoms with E-state index in [1.807, 2.05) is 37.3 Å². The molecule has 2 aromatic rings. The lowest BCUT2D eigenvalue weighted by Crippen LogP contribution is -2.28. The van der Waals surface area contributed by atoms with Gasteiger partial charge < -0.3 is 10.7 Å². The van der Waals surface area contributed by atoms with Crippen LogP contribution in [0.15, 0.2) is 47.1 Å². The second-order valence-electron chi connectivity index (χ2n) is 4.30. The van der Waals surface area contributed by atoms with Crippen LogP contribution in [0.2, 0.25) is 0 Å². The Labute approximate surface area is 125 Å². The van der Waals surface area contributed by atoms with Crippen molar-refractivity contribution in [3.05, 3.63) is 58.2 Å². The molecule has 4 N–H and O–H groups in total. The van der Waals surface area contributed by atoms with Gasteiger partial charge in [0.2, 0.25) is 0 Å². The third-order valence-electron chi connectivity index (χ3n) is 2.88. The highest BCUT2D eigenvalue weighted by Crippen LogP contribution is 2.19. The number of carbonyl (C=O) groups is 1. The number of nitrogens with one attached hydrogen (secondary N) is 2. The zero-order valence-corrected chi connectivity index (χ0v) is 12.5. The van der Waals surface area contributed by atoms with E-state index >= 15 is 0 Å². The number of rotatable bonds is 4. The number of hydrogen-bond acceptors (Lipinski definition) is 4. The Balaban J connectivity index is 2.18. The molecule has 0 saturated heterocycles. The van der Waals surface area contributed by atoms with Crippen LogP contribution in [-0.4, -0.2) is 10.9 Å². The first-order valence-electron chi connectivity index (χ1n) is 6.09. The van der Waals surface area contributed by atoms with Crippen LogP contribution < -0.4 is 16.6 Å². The average Bonchev–Trinajstić information content (AvgIpc) is 2.48. The summed E-state index contributed by atoms with van der Waals surface area (Å²) in [7, 11) is 0. The molecule has 0 spiro atoms. The molecule has 0 aliphatic heterocycles. The molecular weight excluding hydrogens is 320 g/mol. The molecule has 2 rings (SSSR count). The van der Waals surface area contributed by atoms with Gasteiger partial charge in [-0.15, -0.1) is 0 Å². The normalized spacial score (nSPS) is 11.8. The van der Waals surface area contributed by atoms with Crippen LogP contribution in [0.1, 0.15) is 28.9 Å². The summed E-state index contributed by atoms with van der Waals surface area (Å²) in [6, 6.07) is 11.3. The smallest absolute Gasteiger partial charge is 0.255 e. The molecule has 5 nitrogen and oxygen atoms in total. The molecule has 0 fully saturated rings. The first kappa shape index (κ1) is 14.5. The Bertz CT molecular complexity index is 603. The summed E-state index contributed by atoms with van der Waals surface area (Å²) in [6.45, 7) is 1.92. The maximum Gasteiger partial charge on any atom is 0.255 e. The highest BCUT2D eigenvalue weighted by molar-refractivity contribution is 9.10. The zero-order valence-electron chi connectivity index (χ0n) is 10.9. The first-order valence-corrected chi connectivity index (χ1v) is 6.89. The standard InChI is InChI=1S/C14H15BrN4O/c1-9(10-5-3-2-4-6-10)18-14(20)12-7-11(15)8-17-13(12)19-16/h2-9H,16H2,1H3,(H,17,19)(H,18,20). The van der Waals surface area contributed by atoms with Crippen molar-refractivity contribution in [2.45, 2.75) is 13.0 Å². The van der Waals surface area contributed by atoms with Crippen LogP contribution in [0.5, 0.6) is 0 Å². The number of carbonyl (C=O) groups excluding carboxylic acids is 1. The summed E-state index contributed by atoms with van der Waals surface area (Å²) in [5.74, 6) is 5.48. The number of nitrogen functional groups attached to an aromatic ring is 1. The molecule has 1 heterocycles. The van der Waals surface area contributed by atoms with E-state index in [4.69, 9.17) is 5.84 Å². The van der Waals surface area contributed by atoms with E-state index in [0.29, 0.717) is 15.9 Å². The lowest BCUT2D eigenvalue weighted by atomic mass is 10.1. The predicted octanol–water partition coefficient (Wildman–Crippen LogP) is 2.62. The minimum absolute atomic E-state index is 0.103. The van der Waals surface area contributed by atoms with Gasteiger partial charge in [0, 0.05) is 10.7 Å². The molecule has 1 amide bonds. The number of benzene rings is 1. The van der Waals surface area contributed by atoms with Crippen LogP contribution in [0.3, 0.4) is 0 Å². The Hall–Kier alpha value is -1.92. The van der Waals surface area contributed by atoms with Crippen molar-refractivity contribution in [3.8, 4) is 0 Å². The molecule has 6 heteroatoms. The number of amides is 1. The summed E-state index contributed by atoms with van der Waals surface area (Å²) >= 11 is 3.29. The molecule has 1 unspecified atom stereocenters. The van der Waals surface area contributed by atoms with E-state index in [1.165, 1.54) is 0 Å².